The van der Waals surface area contributed by atoms with Gasteiger partial charge in [-0.3, -0.25) is 4.79 Å². The molecule has 1 heterocycles. The highest BCUT2D eigenvalue weighted by Gasteiger charge is 2.26. The van der Waals surface area contributed by atoms with E-state index in [0.29, 0.717) is 25.5 Å². The van der Waals surface area contributed by atoms with Gasteiger partial charge >= 0.3 is 0 Å². The Morgan fingerprint density at radius 2 is 2.07 bits per heavy atom. The normalized spacial score (nSPS) is 21.0. The number of ether oxygens (including phenoxy) is 2. The summed E-state index contributed by atoms with van der Waals surface area (Å²) in [7, 11) is 0. The second-order valence-corrected chi connectivity index (χ2v) is 3.11. The van der Waals surface area contributed by atoms with Crippen LogP contribution in [-0.4, -0.2) is 30.8 Å². The number of carbonyl (C=O) groups excluding carboxylic acids is 1. The first-order valence-corrected chi connectivity index (χ1v) is 5.30. The Bertz CT molecular complexity index is 294. The van der Waals surface area contributed by atoms with Crippen LogP contribution in [-0.2, 0) is 14.3 Å². The molecule has 0 aromatic heterocycles. The van der Waals surface area contributed by atoms with Crippen LogP contribution in [0.2, 0.25) is 0 Å². The van der Waals surface area contributed by atoms with E-state index in [1.165, 1.54) is 6.08 Å². The lowest BCUT2D eigenvalue weighted by Crippen LogP contribution is -2.34. The van der Waals surface area contributed by atoms with Gasteiger partial charge in [0.2, 0.25) is 5.88 Å². The summed E-state index contributed by atoms with van der Waals surface area (Å²) in [5, 5.41) is 0. The molecule has 0 aromatic rings. The monoisotopic (exact) mass is 211 g/mol. The highest BCUT2D eigenvalue weighted by molar-refractivity contribution is 6.14. The quantitative estimate of drug-likeness (QED) is 0.695. The number of hydrogen-bond acceptors (Lipinski definition) is 4. The van der Waals surface area contributed by atoms with Gasteiger partial charge in [-0.15, -0.1) is 0 Å². The average molecular weight is 211 g/mol. The van der Waals surface area contributed by atoms with Crippen molar-refractivity contribution in [2.45, 2.75) is 33.3 Å². The van der Waals surface area contributed by atoms with Crippen molar-refractivity contribution in [3.63, 3.8) is 0 Å². The van der Waals surface area contributed by atoms with Gasteiger partial charge in [-0.05, 0) is 20.3 Å². The van der Waals surface area contributed by atoms with Gasteiger partial charge in [0.05, 0.1) is 12.3 Å². The lowest BCUT2D eigenvalue weighted by atomic mass is 10.1. The van der Waals surface area contributed by atoms with Crippen LogP contribution in [0, 0.1) is 0 Å². The minimum absolute atomic E-state index is 0.0767. The van der Waals surface area contributed by atoms with E-state index in [9.17, 15) is 4.79 Å². The molecule has 15 heavy (non-hydrogen) atoms. The second kappa shape index (κ2) is 5.66. The Morgan fingerprint density at radius 1 is 1.33 bits per heavy atom. The van der Waals surface area contributed by atoms with Gasteiger partial charge in [0.15, 0.2) is 11.9 Å². The number of aliphatic imine (C=N–C) groups is 1. The molecule has 0 N–H and O–H groups in total. The first-order chi connectivity index (χ1) is 7.22. The van der Waals surface area contributed by atoms with Gasteiger partial charge < -0.3 is 9.47 Å². The van der Waals surface area contributed by atoms with Gasteiger partial charge in [-0.1, -0.05) is 6.92 Å². The highest BCUT2D eigenvalue weighted by atomic mass is 16.5. The maximum absolute atomic E-state index is 11.7. The maximum Gasteiger partial charge on any atom is 0.216 e. The number of carbonyl (C=O) groups is 1. The van der Waals surface area contributed by atoms with E-state index in [0.717, 1.165) is 5.71 Å². The SMILES string of the molecule is CCOC1=CC(=O)C(OCC)C(CC)=N1. The first kappa shape index (κ1) is 11.9. The lowest BCUT2D eigenvalue weighted by molar-refractivity contribution is -0.122. The van der Waals surface area contributed by atoms with Crippen LogP contribution in [0.1, 0.15) is 27.2 Å². The van der Waals surface area contributed by atoms with Crippen LogP contribution in [0.15, 0.2) is 17.0 Å². The van der Waals surface area contributed by atoms with Crippen molar-refractivity contribution in [1.29, 1.82) is 0 Å². The van der Waals surface area contributed by atoms with Crippen LogP contribution in [0.25, 0.3) is 0 Å². The third kappa shape index (κ3) is 2.89. The van der Waals surface area contributed by atoms with Crippen molar-refractivity contribution >= 4 is 11.5 Å². The largest absolute Gasteiger partial charge is 0.478 e. The molecule has 4 nitrogen and oxygen atoms in total. The summed E-state index contributed by atoms with van der Waals surface area (Å²) in [6.45, 7) is 6.70. The van der Waals surface area contributed by atoms with Gasteiger partial charge in [0.1, 0.15) is 0 Å². The third-order valence-corrected chi connectivity index (χ3v) is 2.07. The van der Waals surface area contributed by atoms with E-state index in [1.54, 1.807) is 0 Å². The molecule has 0 fully saturated rings. The van der Waals surface area contributed by atoms with E-state index in [1.807, 2.05) is 20.8 Å². The van der Waals surface area contributed by atoms with E-state index in [-0.39, 0.29) is 5.78 Å². The molecule has 0 bridgehead atoms. The topological polar surface area (TPSA) is 47.9 Å². The summed E-state index contributed by atoms with van der Waals surface area (Å²) in [5.74, 6) is 0.322. The highest BCUT2D eigenvalue weighted by Crippen LogP contribution is 2.14. The van der Waals surface area contributed by atoms with Crippen LogP contribution in [0.4, 0.5) is 0 Å². The van der Waals surface area contributed by atoms with Gasteiger partial charge in [0, 0.05) is 12.7 Å². The zero-order valence-electron chi connectivity index (χ0n) is 9.45. The fraction of sp³-hybridized carbons (Fsp3) is 0.636. The number of ketones is 1. The van der Waals surface area contributed by atoms with E-state index >= 15 is 0 Å². The van der Waals surface area contributed by atoms with Crippen LogP contribution in [0.3, 0.4) is 0 Å². The summed E-state index contributed by atoms with van der Waals surface area (Å²) in [6.07, 6.45) is 1.59. The molecular weight excluding hydrogens is 194 g/mol. The summed E-state index contributed by atoms with van der Waals surface area (Å²) in [5.41, 5.74) is 0.743. The number of nitrogens with zero attached hydrogens (tertiary/aromatic N) is 1. The second-order valence-electron chi connectivity index (χ2n) is 3.11. The van der Waals surface area contributed by atoms with E-state index < -0.39 is 6.10 Å². The fourth-order valence-electron chi connectivity index (χ4n) is 1.43. The van der Waals surface area contributed by atoms with Crippen LogP contribution < -0.4 is 0 Å². The molecule has 1 rings (SSSR count). The molecule has 0 amide bonds. The molecule has 0 radical (unpaired) electrons. The smallest absolute Gasteiger partial charge is 0.216 e. The summed E-state index contributed by atoms with van der Waals surface area (Å²) in [6, 6.07) is 0. The van der Waals surface area contributed by atoms with E-state index in [2.05, 4.69) is 4.99 Å². The Kier molecular flexibility index (Phi) is 4.49. The molecule has 84 valence electrons. The summed E-state index contributed by atoms with van der Waals surface area (Å²) >= 11 is 0. The predicted molar refractivity (Wildman–Crippen MR) is 57.9 cm³/mol. The molecule has 1 aliphatic rings. The molecule has 0 saturated heterocycles. The van der Waals surface area contributed by atoms with Gasteiger partial charge in [-0.2, -0.15) is 0 Å². The Labute approximate surface area is 90.0 Å². The minimum atomic E-state index is -0.510. The zero-order valence-corrected chi connectivity index (χ0v) is 9.45. The molecule has 4 heteroatoms. The van der Waals surface area contributed by atoms with Crippen molar-refractivity contribution in [2.75, 3.05) is 13.2 Å². The molecule has 1 atom stereocenters. The number of rotatable bonds is 5. The first-order valence-electron chi connectivity index (χ1n) is 5.30. The Balaban J connectivity index is 2.82. The van der Waals surface area contributed by atoms with Crippen molar-refractivity contribution in [1.82, 2.24) is 0 Å². The standard InChI is InChI=1S/C11H17NO3/c1-4-8-11(15-6-3)9(13)7-10(12-8)14-5-2/h7,11H,4-6H2,1-3H3. The Hall–Kier alpha value is -1.16. The van der Waals surface area contributed by atoms with Gasteiger partial charge in [-0.25, -0.2) is 4.99 Å². The molecule has 0 saturated carbocycles. The van der Waals surface area contributed by atoms with Crippen LogP contribution in [0.5, 0.6) is 0 Å². The Morgan fingerprint density at radius 3 is 2.60 bits per heavy atom. The van der Waals surface area contributed by atoms with E-state index in [4.69, 9.17) is 9.47 Å². The lowest BCUT2D eigenvalue weighted by Gasteiger charge is -2.20. The summed E-state index contributed by atoms with van der Waals surface area (Å²) in [4.78, 5) is 15.9. The van der Waals surface area contributed by atoms with Crippen molar-refractivity contribution in [3.05, 3.63) is 12.0 Å². The molecule has 0 spiro atoms. The molecule has 0 aliphatic carbocycles. The summed E-state index contributed by atoms with van der Waals surface area (Å²) < 4.78 is 10.6. The molecular formula is C11H17NO3. The zero-order chi connectivity index (χ0) is 11.3. The maximum atomic E-state index is 11.7. The molecule has 1 unspecified atom stereocenters. The fourth-order valence-corrected chi connectivity index (χ4v) is 1.43. The molecule has 0 aromatic carbocycles. The average Bonchev–Trinajstić information content (AvgIpc) is 2.22. The van der Waals surface area contributed by atoms with Crippen molar-refractivity contribution in [2.24, 2.45) is 4.99 Å². The van der Waals surface area contributed by atoms with Crippen molar-refractivity contribution < 1.29 is 14.3 Å². The van der Waals surface area contributed by atoms with Gasteiger partial charge in [0.25, 0.3) is 0 Å². The van der Waals surface area contributed by atoms with Crippen molar-refractivity contribution in [3.8, 4) is 0 Å². The number of hydrogen-bond donors (Lipinski definition) is 0. The molecule has 1 aliphatic heterocycles. The minimum Gasteiger partial charge on any atom is -0.478 e. The predicted octanol–water partition coefficient (Wildman–Crippen LogP) is 1.70. The third-order valence-electron chi connectivity index (χ3n) is 2.07. The van der Waals surface area contributed by atoms with Crippen LogP contribution >= 0.6 is 0 Å².